The van der Waals surface area contributed by atoms with E-state index in [-0.39, 0.29) is 11.8 Å². The molecule has 2 aliphatic heterocycles. The zero-order chi connectivity index (χ0) is 38.3. The van der Waals surface area contributed by atoms with Crippen LogP contribution in [0, 0.1) is 5.92 Å². The molecule has 4 aromatic carbocycles. The van der Waals surface area contributed by atoms with Gasteiger partial charge in [-0.2, -0.15) is 0 Å². The normalized spacial score (nSPS) is 14.1. The molecule has 4 heterocycles. The van der Waals surface area contributed by atoms with Crippen LogP contribution in [0.15, 0.2) is 109 Å². The maximum atomic E-state index is 12.2. The Labute approximate surface area is 332 Å². The summed E-state index contributed by atoms with van der Waals surface area (Å²) in [4.78, 5) is 35.4. The number of nitrogens with one attached hydrogen (secondary N) is 1. The molecule has 2 aromatic heterocycles. The topological polar surface area (TPSA) is 113 Å². The Bertz CT molecular complexity index is 2270. The highest BCUT2D eigenvalue weighted by Crippen LogP contribution is 2.35. The van der Waals surface area contributed by atoms with E-state index >= 15 is 0 Å². The Balaban J connectivity index is 0.000000172. The number of aromatic nitrogens is 4. The third-order valence-electron chi connectivity index (χ3n) is 9.81. The third kappa shape index (κ3) is 9.37. The standard InChI is InChI=1S/C24H25ClN4O.C20H19ClN4/c1-16(2)23(30)28-24-26-21-12-13-29(14-17-8-4-3-5-9-17)15-19(21)22(27-24)18-10-6-7-11-20(18)25;21-17-9-5-4-8-15(17)19-16-13-25(12-14-6-2-1-3-7-14)11-10-18(16)23-20(22)24-19/h3-11,16H,12-15H2,1-2H3,(H,26,27,28,30);1-9H,10-13H2,(H2,22,23,24). The van der Waals surface area contributed by atoms with Crippen LogP contribution in [0.3, 0.4) is 0 Å². The van der Waals surface area contributed by atoms with Crippen molar-refractivity contribution in [3.8, 4) is 22.5 Å². The van der Waals surface area contributed by atoms with Crippen molar-refractivity contribution in [2.24, 2.45) is 5.92 Å². The number of benzene rings is 4. The molecule has 0 unspecified atom stereocenters. The fourth-order valence-electron chi connectivity index (χ4n) is 6.97. The van der Waals surface area contributed by atoms with Crippen LogP contribution in [0.4, 0.5) is 11.9 Å². The average molecular weight is 772 g/mol. The fourth-order valence-corrected chi connectivity index (χ4v) is 7.43. The fraction of sp³-hybridized carbons (Fsp3) is 0.250. The number of halogens is 2. The van der Waals surface area contributed by atoms with E-state index in [1.54, 1.807) is 0 Å². The highest BCUT2D eigenvalue weighted by molar-refractivity contribution is 6.33. The number of nitrogen functional groups attached to an aromatic ring is 1. The van der Waals surface area contributed by atoms with Gasteiger partial charge in [-0.1, -0.05) is 134 Å². The number of fused-ring (bicyclic) bond motifs is 2. The Morgan fingerprint density at radius 3 is 1.60 bits per heavy atom. The van der Waals surface area contributed by atoms with Crippen molar-refractivity contribution in [3.63, 3.8) is 0 Å². The Morgan fingerprint density at radius 2 is 1.11 bits per heavy atom. The van der Waals surface area contributed by atoms with Crippen molar-refractivity contribution >= 4 is 41.0 Å². The molecular weight excluding hydrogens is 727 g/mol. The molecule has 2 aliphatic rings. The van der Waals surface area contributed by atoms with Crippen molar-refractivity contribution in [3.05, 3.63) is 153 Å². The molecule has 11 heteroatoms. The van der Waals surface area contributed by atoms with E-state index in [1.807, 2.05) is 74.5 Å². The Kier molecular flexibility index (Phi) is 12.1. The van der Waals surface area contributed by atoms with E-state index in [4.69, 9.17) is 33.9 Å². The van der Waals surface area contributed by atoms with Gasteiger partial charge in [-0.05, 0) is 23.3 Å². The van der Waals surface area contributed by atoms with E-state index in [0.717, 1.165) is 97.1 Å². The summed E-state index contributed by atoms with van der Waals surface area (Å²) in [6.45, 7) is 8.88. The molecule has 0 radical (unpaired) electrons. The van der Waals surface area contributed by atoms with Gasteiger partial charge in [-0.15, -0.1) is 0 Å². The van der Waals surface area contributed by atoms with Gasteiger partial charge in [0.2, 0.25) is 17.8 Å². The average Bonchev–Trinajstić information content (AvgIpc) is 3.19. The highest BCUT2D eigenvalue weighted by atomic mass is 35.5. The van der Waals surface area contributed by atoms with Gasteiger partial charge in [-0.25, -0.2) is 19.9 Å². The number of hydrogen-bond donors (Lipinski definition) is 2. The van der Waals surface area contributed by atoms with Crippen LogP contribution < -0.4 is 11.1 Å². The smallest absolute Gasteiger partial charge is 0.230 e. The maximum absolute atomic E-state index is 12.2. The first-order chi connectivity index (χ1) is 26.7. The number of rotatable bonds is 8. The van der Waals surface area contributed by atoms with E-state index in [9.17, 15) is 4.79 Å². The van der Waals surface area contributed by atoms with Crippen molar-refractivity contribution in [2.45, 2.75) is 52.9 Å². The van der Waals surface area contributed by atoms with Crippen molar-refractivity contribution < 1.29 is 4.79 Å². The van der Waals surface area contributed by atoms with Crippen molar-refractivity contribution in [2.75, 3.05) is 24.1 Å². The lowest BCUT2D eigenvalue weighted by Gasteiger charge is -2.30. The molecule has 0 fully saturated rings. The quantitative estimate of drug-likeness (QED) is 0.158. The van der Waals surface area contributed by atoms with Crippen LogP contribution >= 0.6 is 23.2 Å². The molecule has 0 atom stereocenters. The third-order valence-corrected chi connectivity index (χ3v) is 10.5. The molecule has 3 N–H and O–H groups in total. The maximum Gasteiger partial charge on any atom is 0.230 e. The summed E-state index contributed by atoms with van der Waals surface area (Å²) in [5.74, 6) is 0.417. The number of amides is 1. The molecule has 8 rings (SSSR count). The first kappa shape index (κ1) is 38.1. The van der Waals surface area contributed by atoms with Crippen LogP contribution in [0.1, 0.15) is 47.5 Å². The molecule has 0 saturated carbocycles. The van der Waals surface area contributed by atoms with Crippen LogP contribution in [0.5, 0.6) is 0 Å². The summed E-state index contributed by atoms with van der Waals surface area (Å²) < 4.78 is 0. The van der Waals surface area contributed by atoms with Gasteiger partial charge in [0.15, 0.2) is 0 Å². The number of carbonyl (C=O) groups excluding carboxylic acids is 1. The molecule has 280 valence electrons. The number of hydrogen-bond acceptors (Lipinski definition) is 8. The summed E-state index contributed by atoms with van der Waals surface area (Å²) >= 11 is 12.9. The number of nitrogens with two attached hydrogens (primary N) is 1. The first-order valence-electron chi connectivity index (χ1n) is 18.6. The first-order valence-corrected chi connectivity index (χ1v) is 19.4. The zero-order valence-electron chi connectivity index (χ0n) is 31.1. The summed E-state index contributed by atoms with van der Waals surface area (Å²) in [5.41, 5.74) is 16.2. The molecule has 55 heavy (non-hydrogen) atoms. The molecule has 0 saturated heterocycles. The zero-order valence-corrected chi connectivity index (χ0v) is 32.6. The predicted octanol–water partition coefficient (Wildman–Crippen LogP) is 8.89. The summed E-state index contributed by atoms with van der Waals surface area (Å²) in [6.07, 6.45) is 1.67. The van der Waals surface area contributed by atoms with E-state index < -0.39 is 0 Å². The van der Waals surface area contributed by atoms with Crippen molar-refractivity contribution in [1.82, 2.24) is 29.7 Å². The highest BCUT2D eigenvalue weighted by Gasteiger charge is 2.26. The van der Waals surface area contributed by atoms with Crippen molar-refractivity contribution in [1.29, 1.82) is 0 Å². The molecule has 1 amide bonds. The molecule has 6 aromatic rings. The second kappa shape index (κ2) is 17.5. The lowest BCUT2D eigenvalue weighted by atomic mass is 9.98. The monoisotopic (exact) mass is 770 g/mol. The number of carbonyl (C=O) groups is 1. The second-order valence-corrected chi connectivity index (χ2v) is 15.0. The number of anilines is 2. The lowest BCUT2D eigenvalue weighted by molar-refractivity contribution is -0.118. The minimum Gasteiger partial charge on any atom is -0.368 e. The lowest BCUT2D eigenvalue weighted by Crippen LogP contribution is -2.32. The number of nitrogens with zero attached hydrogens (tertiary/aromatic N) is 6. The molecule has 0 spiro atoms. The Morgan fingerprint density at radius 1 is 0.655 bits per heavy atom. The largest absolute Gasteiger partial charge is 0.368 e. The Hall–Kier alpha value is -5.19. The van der Waals surface area contributed by atoms with E-state index in [0.29, 0.717) is 21.9 Å². The molecule has 0 bridgehead atoms. The minimum atomic E-state index is -0.144. The van der Waals surface area contributed by atoms with Gasteiger partial charge in [0.25, 0.3) is 0 Å². The summed E-state index contributed by atoms with van der Waals surface area (Å²) in [5, 5.41) is 4.18. The van der Waals surface area contributed by atoms with Crippen LogP contribution in [-0.2, 0) is 43.8 Å². The van der Waals surface area contributed by atoms with Crippen LogP contribution in [0.2, 0.25) is 10.0 Å². The molecule has 9 nitrogen and oxygen atoms in total. The van der Waals surface area contributed by atoms with Gasteiger partial charge in [-0.3, -0.25) is 19.9 Å². The minimum absolute atomic E-state index is 0.0958. The van der Waals surface area contributed by atoms with Gasteiger partial charge in [0, 0.05) is 90.3 Å². The van der Waals surface area contributed by atoms with E-state index in [1.165, 1.54) is 11.1 Å². The van der Waals surface area contributed by atoms with Crippen LogP contribution in [0.25, 0.3) is 22.5 Å². The molecular formula is C44H44Cl2N8O. The van der Waals surface area contributed by atoms with Gasteiger partial charge >= 0.3 is 0 Å². The van der Waals surface area contributed by atoms with Gasteiger partial charge < -0.3 is 5.73 Å². The summed E-state index contributed by atoms with van der Waals surface area (Å²) in [6, 6.07) is 36.4. The summed E-state index contributed by atoms with van der Waals surface area (Å²) in [7, 11) is 0. The van der Waals surface area contributed by atoms with Crippen LogP contribution in [-0.4, -0.2) is 48.7 Å². The van der Waals surface area contributed by atoms with Gasteiger partial charge in [0.1, 0.15) is 0 Å². The SMILES string of the molecule is CC(C)C(=O)Nc1nc2c(c(-c3ccccc3Cl)n1)CN(Cc1ccccc1)CC2.Nc1nc2c(c(-c3ccccc3Cl)n1)CN(Cc1ccccc1)CC2. The van der Waals surface area contributed by atoms with Gasteiger partial charge in [0.05, 0.1) is 22.8 Å². The molecule has 0 aliphatic carbocycles. The predicted molar refractivity (Wildman–Crippen MR) is 221 cm³/mol. The van der Waals surface area contributed by atoms with E-state index in [2.05, 4.69) is 78.6 Å². The second-order valence-electron chi connectivity index (χ2n) is 14.2.